The second kappa shape index (κ2) is 10.1. The summed E-state index contributed by atoms with van der Waals surface area (Å²) in [5.41, 5.74) is 0.350. The highest BCUT2D eigenvalue weighted by atomic mass is 32.2. The van der Waals surface area contributed by atoms with E-state index in [0.29, 0.717) is 18.8 Å². The molecule has 0 atom stereocenters. The molecule has 0 spiro atoms. The zero-order valence-electron chi connectivity index (χ0n) is 17.3. The molecule has 30 heavy (non-hydrogen) atoms. The predicted molar refractivity (Wildman–Crippen MR) is 115 cm³/mol. The lowest BCUT2D eigenvalue weighted by Crippen LogP contribution is -2.51. The molecule has 0 saturated carbocycles. The summed E-state index contributed by atoms with van der Waals surface area (Å²) in [6.07, 6.45) is 2.17. The highest BCUT2D eigenvalue weighted by Gasteiger charge is 2.34. The first-order valence-corrected chi connectivity index (χ1v) is 13.0. The number of hydrogen-bond acceptors (Lipinski definition) is 10. The highest BCUT2D eigenvalue weighted by Crippen LogP contribution is 2.27. The van der Waals surface area contributed by atoms with E-state index >= 15 is 0 Å². The van der Waals surface area contributed by atoms with Gasteiger partial charge in [-0.3, -0.25) is 4.79 Å². The Bertz CT molecular complexity index is 947. The minimum atomic E-state index is -3.68. The average Bonchev–Trinajstić information content (AvgIpc) is 3.32. The largest absolute Gasteiger partial charge is 0.360 e. The van der Waals surface area contributed by atoms with Crippen LogP contribution in [0.2, 0.25) is 0 Å². The van der Waals surface area contributed by atoms with Crippen LogP contribution in [0, 0.1) is 13.8 Å². The van der Waals surface area contributed by atoms with E-state index in [1.165, 1.54) is 27.4 Å². The zero-order valence-corrected chi connectivity index (χ0v) is 19.7. The summed E-state index contributed by atoms with van der Waals surface area (Å²) in [4.78, 5) is 14.3. The fourth-order valence-corrected chi connectivity index (χ4v) is 6.47. The maximum atomic E-state index is 12.9. The fourth-order valence-electron chi connectivity index (χ4n) is 3.08. The van der Waals surface area contributed by atoms with Crippen molar-refractivity contribution in [1.29, 1.82) is 0 Å². The lowest BCUT2D eigenvalue weighted by atomic mass is 10.3. The second-order valence-electron chi connectivity index (χ2n) is 6.88. The number of amides is 1. The third-order valence-corrected chi connectivity index (χ3v) is 8.83. The molecule has 1 aliphatic heterocycles. The Morgan fingerprint density at radius 2 is 1.97 bits per heavy atom. The monoisotopic (exact) mass is 474 g/mol. The number of nitrogens with one attached hydrogen (secondary N) is 1. The van der Waals surface area contributed by atoms with Crippen molar-refractivity contribution in [2.24, 2.45) is 0 Å². The predicted octanol–water partition coefficient (Wildman–Crippen LogP) is 1.98. The van der Waals surface area contributed by atoms with Crippen LogP contribution >= 0.6 is 23.1 Å². The molecule has 1 N–H and O–H groups in total. The molecule has 0 unspecified atom stereocenters. The smallest absolute Gasteiger partial charge is 0.248 e. The number of unbranched alkanes of at least 4 members (excludes halogenated alkanes) is 1. The van der Waals surface area contributed by atoms with Crippen LogP contribution in [0.4, 0.5) is 5.13 Å². The number of rotatable bonds is 9. The summed E-state index contributed by atoms with van der Waals surface area (Å²) in [6, 6.07) is 0. The standard InChI is InChI=1S/C17H26N6O4S3/c1-4-5-6-18-16-19-20-17(29-16)28-11-14(24)22-7-9-23(10-8-22)30(25,26)15-12(2)21-27-13(15)3/h4-11H2,1-3H3,(H,18,19). The SMILES string of the molecule is CCCCNc1nnc(SCC(=O)N2CCN(S(=O)(=O)c3c(C)noc3C)CC2)s1. The molecule has 2 aromatic heterocycles. The first-order chi connectivity index (χ1) is 14.3. The summed E-state index contributed by atoms with van der Waals surface area (Å²) < 4.78 is 32.9. The Morgan fingerprint density at radius 3 is 2.60 bits per heavy atom. The Kier molecular flexibility index (Phi) is 7.71. The molecule has 0 radical (unpaired) electrons. The van der Waals surface area contributed by atoms with Crippen molar-refractivity contribution in [3.8, 4) is 0 Å². The molecule has 1 aliphatic rings. The van der Waals surface area contributed by atoms with Crippen LogP contribution in [-0.4, -0.2) is 77.4 Å². The van der Waals surface area contributed by atoms with Gasteiger partial charge in [0.25, 0.3) is 0 Å². The van der Waals surface area contributed by atoms with Crippen molar-refractivity contribution in [2.45, 2.75) is 42.8 Å². The summed E-state index contributed by atoms with van der Waals surface area (Å²) in [6.45, 7) is 7.36. The van der Waals surface area contributed by atoms with E-state index in [1.807, 2.05) is 0 Å². The zero-order chi connectivity index (χ0) is 21.7. The van der Waals surface area contributed by atoms with Crippen molar-refractivity contribution < 1.29 is 17.7 Å². The quantitative estimate of drug-likeness (QED) is 0.429. The number of aromatic nitrogens is 3. The van der Waals surface area contributed by atoms with E-state index in [0.717, 1.165) is 28.9 Å². The fraction of sp³-hybridized carbons (Fsp3) is 0.647. The lowest BCUT2D eigenvalue weighted by Gasteiger charge is -2.33. The van der Waals surface area contributed by atoms with E-state index in [9.17, 15) is 13.2 Å². The van der Waals surface area contributed by atoms with Gasteiger partial charge in [-0.2, -0.15) is 4.31 Å². The van der Waals surface area contributed by atoms with Crippen LogP contribution in [0.5, 0.6) is 0 Å². The van der Waals surface area contributed by atoms with E-state index in [2.05, 4.69) is 27.6 Å². The molecule has 2 aromatic rings. The van der Waals surface area contributed by atoms with Gasteiger partial charge in [-0.15, -0.1) is 10.2 Å². The summed E-state index contributed by atoms with van der Waals surface area (Å²) in [5.74, 6) is 0.494. The number of carbonyl (C=O) groups is 1. The van der Waals surface area contributed by atoms with Gasteiger partial charge in [0.15, 0.2) is 10.1 Å². The maximum absolute atomic E-state index is 12.9. The number of nitrogens with zero attached hydrogens (tertiary/aromatic N) is 5. The molecule has 13 heteroatoms. The Labute approximate surface area is 184 Å². The minimum absolute atomic E-state index is 0.0370. The van der Waals surface area contributed by atoms with Crippen LogP contribution in [0.1, 0.15) is 31.2 Å². The van der Waals surface area contributed by atoms with E-state index in [1.54, 1.807) is 18.7 Å². The lowest BCUT2D eigenvalue weighted by molar-refractivity contribution is -0.129. The van der Waals surface area contributed by atoms with Gasteiger partial charge < -0.3 is 14.7 Å². The van der Waals surface area contributed by atoms with Gasteiger partial charge in [0, 0.05) is 32.7 Å². The van der Waals surface area contributed by atoms with Crippen molar-refractivity contribution in [3.63, 3.8) is 0 Å². The normalized spacial score (nSPS) is 15.5. The Hall–Kier alpha value is -1.70. The third-order valence-electron chi connectivity index (χ3n) is 4.69. The molecule has 3 rings (SSSR count). The first-order valence-electron chi connectivity index (χ1n) is 9.74. The molecular formula is C17H26N6O4S3. The van der Waals surface area contributed by atoms with E-state index in [4.69, 9.17) is 4.52 Å². The van der Waals surface area contributed by atoms with Gasteiger partial charge in [0.1, 0.15) is 10.6 Å². The number of sulfonamides is 1. The minimum Gasteiger partial charge on any atom is -0.360 e. The topological polar surface area (TPSA) is 122 Å². The van der Waals surface area contributed by atoms with Gasteiger partial charge in [-0.25, -0.2) is 8.42 Å². The third kappa shape index (κ3) is 5.31. The number of hydrogen-bond donors (Lipinski definition) is 1. The highest BCUT2D eigenvalue weighted by molar-refractivity contribution is 8.01. The number of anilines is 1. The van der Waals surface area contributed by atoms with Crippen LogP contribution in [0.15, 0.2) is 13.8 Å². The Balaban J connectivity index is 1.49. The molecule has 10 nitrogen and oxygen atoms in total. The van der Waals surface area contributed by atoms with Crippen LogP contribution in [0.25, 0.3) is 0 Å². The van der Waals surface area contributed by atoms with E-state index < -0.39 is 10.0 Å². The summed E-state index contributed by atoms with van der Waals surface area (Å²) >= 11 is 2.79. The molecule has 1 amide bonds. The van der Waals surface area contributed by atoms with Crippen LogP contribution in [-0.2, 0) is 14.8 Å². The molecule has 0 bridgehead atoms. The Morgan fingerprint density at radius 1 is 1.23 bits per heavy atom. The molecular weight excluding hydrogens is 448 g/mol. The van der Waals surface area contributed by atoms with Gasteiger partial charge in [0.05, 0.1) is 5.75 Å². The molecule has 0 aromatic carbocycles. The van der Waals surface area contributed by atoms with Crippen molar-refractivity contribution in [1.82, 2.24) is 24.6 Å². The van der Waals surface area contributed by atoms with Gasteiger partial charge in [-0.05, 0) is 20.3 Å². The average molecular weight is 475 g/mol. The maximum Gasteiger partial charge on any atom is 0.248 e. The van der Waals surface area contributed by atoms with Crippen molar-refractivity contribution in [2.75, 3.05) is 43.8 Å². The summed E-state index contributed by atoms with van der Waals surface area (Å²) in [7, 11) is -3.68. The van der Waals surface area contributed by atoms with Gasteiger partial charge in [0.2, 0.25) is 21.1 Å². The molecule has 3 heterocycles. The van der Waals surface area contributed by atoms with Gasteiger partial charge >= 0.3 is 0 Å². The number of thioether (sulfide) groups is 1. The van der Waals surface area contributed by atoms with E-state index in [-0.39, 0.29) is 35.4 Å². The van der Waals surface area contributed by atoms with Crippen LogP contribution < -0.4 is 5.32 Å². The van der Waals surface area contributed by atoms with Gasteiger partial charge in [-0.1, -0.05) is 41.6 Å². The number of carbonyl (C=O) groups excluding carboxylic acids is 1. The number of piperazine rings is 1. The van der Waals surface area contributed by atoms with Crippen molar-refractivity contribution >= 4 is 44.2 Å². The van der Waals surface area contributed by atoms with Crippen LogP contribution in [0.3, 0.4) is 0 Å². The molecule has 1 fully saturated rings. The second-order valence-corrected chi connectivity index (χ2v) is 11.0. The molecule has 0 aliphatic carbocycles. The number of aryl methyl sites for hydroxylation is 2. The van der Waals surface area contributed by atoms with Crippen molar-refractivity contribution in [3.05, 3.63) is 11.5 Å². The molecule has 1 saturated heterocycles. The summed E-state index contributed by atoms with van der Waals surface area (Å²) in [5, 5.41) is 15.9. The first kappa shape index (κ1) is 23.0. The molecule has 166 valence electrons.